The van der Waals surface area contributed by atoms with Gasteiger partial charge in [-0.25, -0.2) is 9.03 Å². The number of nitrogens with zero attached hydrogens (tertiary/aromatic N) is 1. The minimum Gasteiger partial charge on any atom is -0.506 e. The number of anilines is 1. The Balaban J connectivity index is 1.71. The van der Waals surface area contributed by atoms with Gasteiger partial charge in [-0.2, -0.15) is 8.42 Å². The Morgan fingerprint density at radius 2 is 2.00 bits per heavy atom. The summed E-state index contributed by atoms with van der Waals surface area (Å²) in [6, 6.07) is 12.4. The van der Waals surface area contributed by atoms with Crippen molar-refractivity contribution < 1.29 is 23.1 Å². The molecule has 2 aromatic carbocycles. The monoisotopic (exact) mass is 391 g/mol. The summed E-state index contributed by atoms with van der Waals surface area (Å²) in [5, 5.41) is 13.3. The number of phenolic OH excluding ortho intramolecular Hbond substituents is 1. The molecule has 3 rings (SSSR count). The zero-order valence-corrected chi connectivity index (χ0v) is 15.6. The summed E-state index contributed by atoms with van der Waals surface area (Å²) in [4.78, 5) is 11.4. The first-order valence-electron chi connectivity index (χ1n) is 8.47. The van der Waals surface area contributed by atoms with Crippen LogP contribution in [0.4, 0.5) is 5.69 Å². The molecule has 3 N–H and O–H groups in total. The van der Waals surface area contributed by atoms with Gasteiger partial charge >= 0.3 is 10.2 Å². The lowest BCUT2D eigenvalue weighted by molar-refractivity contribution is -0.117. The second kappa shape index (κ2) is 7.85. The average Bonchev–Trinajstić information content (AvgIpc) is 2.90. The minimum absolute atomic E-state index is 0.0716. The third-order valence-corrected chi connectivity index (χ3v) is 5.44. The third-order valence-electron chi connectivity index (χ3n) is 4.05. The van der Waals surface area contributed by atoms with Gasteiger partial charge in [0, 0.05) is 18.7 Å². The molecular weight excluding hydrogens is 370 g/mol. The lowest BCUT2D eigenvalue weighted by atomic mass is 10.1. The molecule has 0 atom stereocenters. The number of benzene rings is 2. The van der Waals surface area contributed by atoms with Crippen molar-refractivity contribution in [3.05, 3.63) is 53.6 Å². The highest BCUT2D eigenvalue weighted by Gasteiger charge is 2.35. The van der Waals surface area contributed by atoms with Gasteiger partial charge in [-0.05, 0) is 30.7 Å². The van der Waals surface area contributed by atoms with Gasteiger partial charge < -0.3 is 15.2 Å². The van der Waals surface area contributed by atoms with E-state index >= 15 is 0 Å². The largest absolute Gasteiger partial charge is 0.506 e. The molecule has 0 saturated carbocycles. The SMILES string of the molecule is CCOc1ccccc1CNCc1ccc(O)c(N2CC(=O)NS2(=O)=O)c1. The summed E-state index contributed by atoms with van der Waals surface area (Å²) < 4.78 is 32.3. The lowest BCUT2D eigenvalue weighted by Gasteiger charge is -2.17. The van der Waals surface area contributed by atoms with Gasteiger partial charge in [-0.15, -0.1) is 0 Å². The predicted molar refractivity (Wildman–Crippen MR) is 101 cm³/mol. The Bertz CT molecular complexity index is 946. The van der Waals surface area contributed by atoms with Crippen molar-refractivity contribution in [1.82, 2.24) is 10.0 Å². The van der Waals surface area contributed by atoms with Crippen molar-refractivity contribution in [2.75, 3.05) is 17.5 Å². The Labute approximate surface area is 157 Å². The van der Waals surface area contributed by atoms with Crippen molar-refractivity contribution in [3.8, 4) is 11.5 Å². The molecule has 0 spiro atoms. The number of phenols is 1. The molecule has 1 amide bonds. The van der Waals surface area contributed by atoms with Gasteiger partial charge in [0.1, 0.15) is 18.0 Å². The van der Waals surface area contributed by atoms with Crippen LogP contribution in [0.2, 0.25) is 0 Å². The smallest absolute Gasteiger partial charge is 0.326 e. The molecule has 2 aromatic rings. The first-order chi connectivity index (χ1) is 12.9. The first kappa shape index (κ1) is 19.0. The number of carbonyl (C=O) groups excluding carboxylic acids is 1. The van der Waals surface area contributed by atoms with Gasteiger partial charge in [-0.3, -0.25) is 4.79 Å². The van der Waals surface area contributed by atoms with Crippen LogP contribution in [-0.4, -0.2) is 32.6 Å². The minimum atomic E-state index is -3.97. The highest BCUT2D eigenvalue weighted by molar-refractivity contribution is 7.92. The fourth-order valence-corrected chi connectivity index (χ4v) is 3.98. The van der Waals surface area contributed by atoms with Gasteiger partial charge in [0.15, 0.2) is 0 Å². The van der Waals surface area contributed by atoms with E-state index in [1.807, 2.05) is 35.9 Å². The number of amides is 1. The molecule has 1 saturated heterocycles. The van der Waals surface area contributed by atoms with Crippen molar-refractivity contribution >= 4 is 21.8 Å². The molecule has 0 unspecified atom stereocenters. The molecule has 27 heavy (non-hydrogen) atoms. The van der Waals surface area contributed by atoms with Crippen LogP contribution in [0.25, 0.3) is 0 Å². The standard InChI is InChI=1S/C18H21N3O5S/c1-2-26-17-6-4-3-5-14(17)11-19-10-13-7-8-16(22)15(9-13)21-12-18(23)20-27(21,24)25/h3-9,19,22H,2,10-12H2,1H3,(H,20,23). The molecule has 0 radical (unpaired) electrons. The van der Waals surface area contributed by atoms with E-state index in [4.69, 9.17) is 4.74 Å². The maximum atomic E-state index is 12.0. The van der Waals surface area contributed by atoms with Crippen LogP contribution < -0.4 is 19.1 Å². The van der Waals surface area contributed by atoms with E-state index in [2.05, 4.69) is 5.32 Å². The Hall–Kier alpha value is -2.78. The third kappa shape index (κ3) is 4.32. The fraction of sp³-hybridized carbons (Fsp3) is 0.278. The summed E-state index contributed by atoms with van der Waals surface area (Å²) in [6.45, 7) is 3.16. The number of carbonyl (C=O) groups is 1. The highest BCUT2D eigenvalue weighted by atomic mass is 32.2. The Kier molecular flexibility index (Phi) is 5.52. The van der Waals surface area contributed by atoms with Gasteiger partial charge in [0.05, 0.1) is 12.3 Å². The summed E-state index contributed by atoms with van der Waals surface area (Å²) >= 11 is 0. The van der Waals surface area contributed by atoms with Gasteiger partial charge in [0.25, 0.3) is 5.91 Å². The zero-order chi connectivity index (χ0) is 19.4. The Morgan fingerprint density at radius 3 is 2.70 bits per heavy atom. The summed E-state index contributed by atoms with van der Waals surface area (Å²) in [6.07, 6.45) is 0. The second-order valence-corrected chi connectivity index (χ2v) is 7.60. The second-order valence-electron chi connectivity index (χ2n) is 6.00. The van der Waals surface area contributed by atoms with Crippen LogP contribution >= 0.6 is 0 Å². The molecule has 1 aliphatic heterocycles. The fourth-order valence-electron chi connectivity index (χ4n) is 2.83. The molecule has 0 bridgehead atoms. The molecule has 0 aliphatic carbocycles. The summed E-state index contributed by atoms with van der Waals surface area (Å²) in [7, 11) is -3.97. The van der Waals surface area contributed by atoms with E-state index in [1.54, 1.807) is 12.1 Å². The number of nitrogens with one attached hydrogen (secondary N) is 2. The highest BCUT2D eigenvalue weighted by Crippen LogP contribution is 2.31. The van der Waals surface area contributed by atoms with Crippen LogP contribution in [0.15, 0.2) is 42.5 Å². The van der Waals surface area contributed by atoms with E-state index in [-0.39, 0.29) is 18.0 Å². The van der Waals surface area contributed by atoms with E-state index < -0.39 is 16.1 Å². The van der Waals surface area contributed by atoms with Crippen LogP contribution in [-0.2, 0) is 28.1 Å². The molecule has 144 valence electrons. The number of para-hydroxylation sites is 1. The van der Waals surface area contributed by atoms with Crippen molar-refractivity contribution in [2.45, 2.75) is 20.0 Å². The molecule has 1 aliphatic rings. The van der Waals surface area contributed by atoms with Gasteiger partial charge in [-0.1, -0.05) is 24.3 Å². The molecule has 8 nitrogen and oxygen atoms in total. The van der Waals surface area contributed by atoms with Crippen molar-refractivity contribution in [3.63, 3.8) is 0 Å². The van der Waals surface area contributed by atoms with Crippen LogP contribution in [0, 0.1) is 0 Å². The molecule has 1 fully saturated rings. The summed E-state index contributed by atoms with van der Waals surface area (Å²) in [5.41, 5.74) is 1.85. The van der Waals surface area contributed by atoms with E-state index in [0.29, 0.717) is 19.7 Å². The number of hydrogen-bond acceptors (Lipinski definition) is 6. The average molecular weight is 391 g/mol. The molecular formula is C18H21N3O5S. The van der Waals surface area contributed by atoms with E-state index in [9.17, 15) is 18.3 Å². The molecule has 9 heteroatoms. The summed E-state index contributed by atoms with van der Waals surface area (Å²) in [5.74, 6) is -0.0300. The predicted octanol–water partition coefficient (Wildman–Crippen LogP) is 1.26. The van der Waals surface area contributed by atoms with E-state index in [1.165, 1.54) is 6.07 Å². The van der Waals surface area contributed by atoms with Crippen LogP contribution in [0.1, 0.15) is 18.1 Å². The maximum absolute atomic E-state index is 12.0. The van der Waals surface area contributed by atoms with E-state index in [0.717, 1.165) is 21.2 Å². The maximum Gasteiger partial charge on any atom is 0.326 e. The van der Waals surface area contributed by atoms with Gasteiger partial charge in [0.2, 0.25) is 0 Å². The van der Waals surface area contributed by atoms with Crippen LogP contribution in [0.5, 0.6) is 11.5 Å². The number of ether oxygens (including phenoxy) is 1. The van der Waals surface area contributed by atoms with Crippen molar-refractivity contribution in [1.29, 1.82) is 0 Å². The number of rotatable bonds is 7. The molecule has 0 aromatic heterocycles. The van der Waals surface area contributed by atoms with Crippen molar-refractivity contribution in [2.24, 2.45) is 0 Å². The van der Waals surface area contributed by atoms with Crippen LogP contribution in [0.3, 0.4) is 0 Å². The lowest BCUT2D eigenvalue weighted by Crippen LogP contribution is -2.29. The zero-order valence-electron chi connectivity index (χ0n) is 14.8. The normalized spacial score (nSPS) is 15.6. The Morgan fingerprint density at radius 1 is 1.22 bits per heavy atom. The topological polar surface area (TPSA) is 108 Å². The number of hydrogen-bond donors (Lipinski definition) is 3. The first-order valence-corrected chi connectivity index (χ1v) is 9.91. The number of aromatic hydroxyl groups is 1. The quantitative estimate of drug-likeness (QED) is 0.656. The molecule has 1 heterocycles.